The number of guanidine groups is 1. The molecule has 1 fully saturated rings. The summed E-state index contributed by atoms with van der Waals surface area (Å²) in [6.07, 6.45) is 3.83. The van der Waals surface area contributed by atoms with Crippen molar-refractivity contribution >= 4 is 11.9 Å². The van der Waals surface area contributed by atoms with Gasteiger partial charge in [0.05, 0.1) is 19.3 Å². The van der Waals surface area contributed by atoms with E-state index in [-0.39, 0.29) is 6.10 Å². The van der Waals surface area contributed by atoms with Gasteiger partial charge in [-0.1, -0.05) is 24.3 Å². The average molecular weight is 397 g/mol. The number of hydrogen-bond donors (Lipinski definition) is 1. The summed E-state index contributed by atoms with van der Waals surface area (Å²) in [5, 5.41) is 3.43. The van der Waals surface area contributed by atoms with Gasteiger partial charge < -0.3 is 19.9 Å². The smallest absolute Gasteiger partial charge is 0.225 e. The van der Waals surface area contributed by atoms with Crippen molar-refractivity contribution < 1.29 is 4.74 Å². The SMILES string of the molecule is CCNC(=NCc1ccc(COC(C)C)cc1)N1CCN(c2ncccn2)CC1. The zero-order valence-electron chi connectivity index (χ0n) is 17.7. The van der Waals surface area contributed by atoms with Crippen LogP contribution in [0.15, 0.2) is 47.7 Å². The number of hydrogen-bond acceptors (Lipinski definition) is 5. The minimum absolute atomic E-state index is 0.246. The van der Waals surface area contributed by atoms with Gasteiger partial charge in [-0.25, -0.2) is 15.0 Å². The number of aliphatic imine (C=N–C) groups is 1. The molecular formula is C22H32N6O. The first kappa shape index (κ1) is 21.0. The predicted molar refractivity (Wildman–Crippen MR) is 117 cm³/mol. The first-order valence-electron chi connectivity index (χ1n) is 10.4. The van der Waals surface area contributed by atoms with Crippen LogP contribution in [0.5, 0.6) is 0 Å². The summed E-state index contributed by atoms with van der Waals surface area (Å²) in [5.74, 6) is 1.77. The molecule has 7 heteroatoms. The predicted octanol–water partition coefficient (Wildman–Crippen LogP) is 2.69. The van der Waals surface area contributed by atoms with Gasteiger partial charge in [-0.2, -0.15) is 0 Å². The van der Waals surface area contributed by atoms with Crippen molar-refractivity contribution in [2.45, 2.75) is 40.0 Å². The van der Waals surface area contributed by atoms with E-state index >= 15 is 0 Å². The fourth-order valence-electron chi connectivity index (χ4n) is 3.17. The Morgan fingerprint density at radius 3 is 2.34 bits per heavy atom. The Hall–Kier alpha value is -2.67. The van der Waals surface area contributed by atoms with E-state index in [0.29, 0.717) is 13.2 Å². The molecule has 0 unspecified atom stereocenters. The molecule has 0 amide bonds. The van der Waals surface area contributed by atoms with E-state index in [1.165, 1.54) is 11.1 Å². The Bertz CT molecular complexity index is 755. The monoisotopic (exact) mass is 396 g/mol. The highest BCUT2D eigenvalue weighted by Crippen LogP contribution is 2.11. The highest BCUT2D eigenvalue weighted by Gasteiger charge is 2.21. The maximum atomic E-state index is 5.66. The summed E-state index contributed by atoms with van der Waals surface area (Å²) in [5.41, 5.74) is 2.39. The Morgan fingerprint density at radius 2 is 1.72 bits per heavy atom. The van der Waals surface area contributed by atoms with Gasteiger partial charge in [0.2, 0.25) is 5.95 Å². The lowest BCUT2D eigenvalue weighted by Gasteiger charge is -2.36. The van der Waals surface area contributed by atoms with Crippen molar-refractivity contribution in [2.24, 2.45) is 4.99 Å². The van der Waals surface area contributed by atoms with Crippen LogP contribution in [0.25, 0.3) is 0 Å². The van der Waals surface area contributed by atoms with Crippen molar-refractivity contribution in [2.75, 3.05) is 37.6 Å². The molecular weight excluding hydrogens is 364 g/mol. The van der Waals surface area contributed by atoms with Gasteiger partial charge in [-0.15, -0.1) is 0 Å². The summed E-state index contributed by atoms with van der Waals surface area (Å²) >= 11 is 0. The molecule has 2 heterocycles. The lowest BCUT2D eigenvalue weighted by molar-refractivity contribution is 0.0657. The van der Waals surface area contributed by atoms with Crippen LogP contribution in [0.4, 0.5) is 5.95 Å². The third kappa shape index (κ3) is 6.42. The molecule has 0 saturated carbocycles. The Kier molecular flexibility index (Phi) is 7.81. The lowest BCUT2D eigenvalue weighted by atomic mass is 10.1. The highest BCUT2D eigenvalue weighted by atomic mass is 16.5. The molecule has 0 spiro atoms. The third-order valence-corrected chi connectivity index (χ3v) is 4.77. The van der Waals surface area contributed by atoms with Crippen molar-refractivity contribution in [3.8, 4) is 0 Å². The minimum atomic E-state index is 0.246. The van der Waals surface area contributed by atoms with Crippen molar-refractivity contribution in [3.63, 3.8) is 0 Å². The topological polar surface area (TPSA) is 65.9 Å². The second kappa shape index (κ2) is 10.8. The molecule has 0 aliphatic carbocycles. The molecule has 2 aromatic rings. The van der Waals surface area contributed by atoms with Gasteiger partial charge in [0, 0.05) is 45.1 Å². The molecule has 0 bridgehead atoms. The lowest BCUT2D eigenvalue weighted by Crippen LogP contribution is -2.52. The second-order valence-electron chi connectivity index (χ2n) is 7.37. The largest absolute Gasteiger partial charge is 0.374 e. The molecule has 1 aliphatic heterocycles. The van der Waals surface area contributed by atoms with E-state index < -0.39 is 0 Å². The molecule has 1 aromatic carbocycles. The fraction of sp³-hybridized carbons (Fsp3) is 0.500. The summed E-state index contributed by atoms with van der Waals surface area (Å²) in [7, 11) is 0. The summed E-state index contributed by atoms with van der Waals surface area (Å²) in [6.45, 7) is 12.0. The number of anilines is 1. The third-order valence-electron chi connectivity index (χ3n) is 4.77. The van der Waals surface area contributed by atoms with Gasteiger partial charge in [-0.3, -0.25) is 0 Å². The number of nitrogens with one attached hydrogen (secondary N) is 1. The Balaban J connectivity index is 1.56. The van der Waals surface area contributed by atoms with Gasteiger partial charge in [0.15, 0.2) is 5.96 Å². The molecule has 1 aromatic heterocycles. The molecule has 0 radical (unpaired) electrons. The van der Waals surface area contributed by atoms with Crippen molar-refractivity contribution in [3.05, 3.63) is 53.9 Å². The van der Waals surface area contributed by atoms with Crippen molar-refractivity contribution in [1.82, 2.24) is 20.2 Å². The van der Waals surface area contributed by atoms with Crippen LogP contribution in [-0.4, -0.2) is 59.7 Å². The van der Waals surface area contributed by atoms with Crippen LogP contribution in [0.1, 0.15) is 31.9 Å². The first-order chi connectivity index (χ1) is 14.2. The maximum Gasteiger partial charge on any atom is 0.225 e. The summed E-state index contributed by atoms with van der Waals surface area (Å²) in [4.78, 5) is 18.1. The number of rotatable bonds is 7. The normalized spacial score (nSPS) is 15.1. The van der Waals surface area contributed by atoms with E-state index in [0.717, 1.165) is 44.6 Å². The highest BCUT2D eigenvalue weighted by molar-refractivity contribution is 5.80. The molecule has 1 N–H and O–H groups in total. The number of benzene rings is 1. The minimum Gasteiger partial charge on any atom is -0.374 e. The number of ether oxygens (including phenoxy) is 1. The molecule has 0 atom stereocenters. The van der Waals surface area contributed by atoms with Crippen LogP contribution < -0.4 is 10.2 Å². The van der Waals surface area contributed by atoms with Gasteiger partial charge in [0.25, 0.3) is 0 Å². The maximum absolute atomic E-state index is 5.66. The molecule has 156 valence electrons. The van der Waals surface area contributed by atoms with Crippen LogP contribution in [0.2, 0.25) is 0 Å². The van der Waals surface area contributed by atoms with E-state index in [2.05, 4.69) is 70.1 Å². The molecule has 29 heavy (non-hydrogen) atoms. The number of nitrogens with zero attached hydrogens (tertiary/aromatic N) is 5. The molecule has 1 saturated heterocycles. The second-order valence-corrected chi connectivity index (χ2v) is 7.37. The van der Waals surface area contributed by atoms with Crippen LogP contribution in [0, 0.1) is 0 Å². The van der Waals surface area contributed by atoms with E-state index in [1.807, 2.05) is 6.07 Å². The Labute approximate surface area is 173 Å². The van der Waals surface area contributed by atoms with Crippen molar-refractivity contribution in [1.29, 1.82) is 0 Å². The van der Waals surface area contributed by atoms with Gasteiger partial charge >= 0.3 is 0 Å². The standard InChI is InChI=1S/C22H32N6O/c1-4-23-21(26-16-19-6-8-20(9-7-19)17-29-18(2)3)27-12-14-28(15-13-27)22-24-10-5-11-25-22/h5-11,18H,4,12-17H2,1-3H3,(H,23,26). The number of piperazine rings is 1. The first-order valence-corrected chi connectivity index (χ1v) is 10.4. The van der Waals surface area contributed by atoms with Crippen LogP contribution in [-0.2, 0) is 17.9 Å². The van der Waals surface area contributed by atoms with E-state index in [1.54, 1.807) is 12.4 Å². The van der Waals surface area contributed by atoms with E-state index in [9.17, 15) is 0 Å². The summed E-state index contributed by atoms with van der Waals surface area (Å²) in [6, 6.07) is 10.4. The summed E-state index contributed by atoms with van der Waals surface area (Å²) < 4.78 is 5.66. The molecule has 7 nitrogen and oxygen atoms in total. The molecule has 3 rings (SSSR count). The average Bonchev–Trinajstić information content (AvgIpc) is 2.76. The quantitative estimate of drug-likeness (QED) is 0.573. The Morgan fingerprint density at radius 1 is 1.07 bits per heavy atom. The zero-order valence-corrected chi connectivity index (χ0v) is 17.7. The van der Waals surface area contributed by atoms with Gasteiger partial charge in [0.1, 0.15) is 0 Å². The molecule has 1 aliphatic rings. The zero-order chi connectivity index (χ0) is 20.5. The van der Waals surface area contributed by atoms with Crippen LogP contribution >= 0.6 is 0 Å². The number of aromatic nitrogens is 2. The fourth-order valence-corrected chi connectivity index (χ4v) is 3.17. The van der Waals surface area contributed by atoms with Gasteiger partial charge in [-0.05, 0) is 38.0 Å². The van der Waals surface area contributed by atoms with E-state index in [4.69, 9.17) is 9.73 Å². The van der Waals surface area contributed by atoms with Crippen LogP contribution in [0.3, 0.4) is 0 Å².